The molecular formula is C16H16FNO2. The summed E-state index contributed by atoms with van der Waals surface area (Å²) >= 11 is 0. The zero-order chi connectivity index (χ0) is 14.5. The summed E-state index contributed by atoms with van der Waals surface area (Å²) in [5.41, 5.74) is 1.86. The quantitative estimate of drug-likeness (QED) is 0.877. The SMILES string of the molecule is Cc1ccc(NCC(C(=O)O)c2ccccc2)cc1F. The monoisotopic (exact) mass is 273 g/mol. The molecule has 2 aromatic carbocycles. The van der Waals surface area contributed by atoms with Gasteiger partial charge in [0, 0.05) is 12.2 Å². The van der Waals surface area contributed by atoms with Crippen LogP contribution in [0.15, 0.2) is 48.5 Å². The van der Waals surface area contributed by atoms with E-state index < -0.39 is 11.9 Å². The first kappa shape index (κ1) is 14.1. The molecule has 3 nitrogen and oxygen atoms in total. The number of carboxylic acids is 1. The highest BCUT2D eigenvalue weighted by atomic mass is 19.1. The van der Waals surface area contributed by atoms with E-state index in [-0.39, 0.29) is 12.4 Å². The van der Waals surface area contributed by atoms with Crippen LogP contribution in [0.3, 0.4) is 0 Å². The van der Waals surface area contributed by atoms with Gasteiger partial charge in [-0.3, -0.25) is 4.79 Å². The Labute approximate surface area is 117 Å². The first-order valence-corrected chi connectivity index (χ1v) is 6.35. The second-order valence-corrected chi connectivity index (χ2v) is 4.65. The number of aliphatic carboxylic acids is 1. The maximum atomic E-state index is 13.4. The topological polar surface area (TPSA) is 49.3 Å². The highest BCUT2D eigenvalue weighted by Gasteiger charge is 2.19. The van der Waals surface area contributed by atoms with Crippen LogP contribution in [-0.4, -0.2) is 17.6 Å². The third kappa shape index (κ3) is 3.35. The molecule has 20 heavy (non-hydrogen) atoms. The van der Waals surface area contributed by atoms with Gasteiger partial charge >= 0.3 is 5.97 Å². The molecule has 0 aromatic heterocycles. The number of halogens is 1. The van der Waals surface area contributed by atoms with E-state index >= 15 is 0 Å². The Hall–Kier alpha value is -2.36. The van der Waals surface area contributed by atoms with Crippen molar-refractivity contribution in [3.8, 4) is 0 Å². The minimum Gasteiger partial charge on any atom is -0.481 e. The van der Waals surface area contributed by atoms with Crippen LogP contribution in [0, 0.1) is 12.7 Å². The normalized spacial score (nSPS) is 11.9. The van der Waals surface area contributed by atoms with Crippen molar-refractivity contribution in [2.75, 3.05) is 11.9 Å². The molecule has 0 amide bonds. The number of aryl methyl sites for hydroxylation is 1. The molecular weight excluding hydrogens is 257 g/mol. The lowest BCUT2D eigenvalue weighted by Gasteiger charge is -2.15. The molecule has 0 spiro atoms. The fourth-order valence-corrected chi connectivity index (χ4v) is 1.96. The molecule has 0 aliphatic heterocycles. The number of benzene rings is 2. The van der Waals surface area contributed by atoms with Crippen LogP contribution in [0.4, 0.5) is 10.1 Å². The molecule has 1 atom stereocenters. The van der Waals surface area contributed by atoms with Crippen molar-refractivity contribution in [3.05, 3.63) is 65.5 Å². The van der Waals surface area contributed by atoms with Gasteiger partial charge in [0.25, 0.3) is 0 Å². The van der Waals surface area contributed by atoms with Crippen molar-refractivity contribution < 1.29 is 14.3 Å². The summed E-state index contributed by atoms with van der Waals surface area (Å²) in [5.74, 6) is -1.88. The van der Waals surface area contributed by atoms with Gasteiger partial charge in [-0.05, 0) is 30.2 Å². The molecule has 0 radical (unpaired) electrons. The van der Waals surface area contributed by atoms with Crippen molar-refractivity contribution in [2.24, 2.45) is 0 Å². The van der Waals surface area contributed by atoms with Crippen LogP contribution < -0.4 is 5.32 Å². The van der Waals surface area contributed by atoms with Gasteiger partial charge in [-0.1, -0.05) is 36.4 Å². The van der Waals surface area contributed by atoms with Crippen LogP contribution in [0.2, 0.25) is 0 Å². The average Bonchev–Trinajstić information content (AvgIpc) is 2.44. The fraction of sp³-hybridized carbons (Fsp3) is 0.188. The van der Waals surface area contributed by atoms with Crippen LogP contribution >= 0.6 is 0 Å². The Bertz CT molecular complexity index is 599. The smallest absolute Gasteiger partial charge is 0.312 e. The molecule has 1 unspecified atom stereocenters. The Kier molecular flexibility index (Phi) is 4.35. The molecule has 0 heterocycles. The maximum Gasteiger partial charge on any atom is 0.312 e. The van der Waals surface area contributed by atoms with E-state index in [2.05, 4.69) is 5.32 Å². The van der Waals surface area contributed by atoms with Gasteiger partial charge < -0.3 is 10.4 Å². The summed E-state index contributed by atoms with van der Waals surface area (Å²) in [6.45, 7) is 1.89. The van der Waals surface area contributed by atoms with Crippen molar-refractivity contribution in [1.82, 2.24) is 0 Å². The van der Waals surface area contributed by atoms with Crippen LogP contribution in [0.1, 0.15) is 17.0 Å². The summed E-state index contributed by atoms with van der Waals surface area (Å²) in [5, 5.41) is 12.3. The number of hydrogen-bond acceptors (Lipinski definition) is 2. The fourth-order valence-electron chi connectivity index (χ4n) is 1.96. The van der Waals surface area contributed by atoms with E-state index in [0.717, 1.165) is 5.56 Å². The van der Waals surface area contributed by atoms with Crippen LogP contribution in [-0.2, 0) is 4.79 Å². The van der Waals surface area contributed by atoms with Gasteiger partial charge in [-0.15, -0.1) is 0 Å². The second-order valence-electron chi connectivity index (χ2n) is 4.65. The molecule has 2 aromatic rings. The minimum absolute atomic E-state index is 0.210. The largest absolute Gasteiger partial charge is 0.481 e. The number of carbonyl (C=O) groups is 1. The molecule has 0 fully saturated rings. The number of anilines is 1. The lowest BCUT2D eigenvalue weighted by atomic mass is 9.99. The zero-order valence-corrected chi connectivity index (χ0v) is 11.1. The van der Waals surface area contributed by atoms with Crippen molar-refractivity contribution in [2.45, 2.75) is 12.8 Å². The first-order valence-electron chi connectivity index (χ1n) is 6.35. The number of hydrogen-bond donors (Lipinski definition) is 2. The predicted molar refractivity (Wildman–Crippen MR) is 76.4 cm³/mol. The third-order valence-corrected chi connectivity index (χ3v) is 3.18. The highest BCUT2D eigenvalue weighted by molar-refractivity contribution is 5.77. The molecule has 0 bridgehead atoms. The molecule has 0 saturated carbocycles. The van der Waals surface area contributed by atoms with Gasteiger partial charge in [0.2, 0.25) is 0 Å². The van der Waals surface area contributed by atoms with E-state index in [9.17, 15) is 14.3 Å². The van der Waals surface area contributed by atoms with E-state index in [0.29, 0.717) is 11.3 Å². The maximum absolute atomic E-state index is 13.4. The van der Waals surface area contributed by atoms with E-state index in [1.54, 1.807) is 43.3 Å². The Morgan fingerprint density at radius 3 is 2.55 bits per heavy atom. The molecule has 2 N–H and O–H groups in total. The van der Waals surface area contributed by atoms with Gasteiger partial charge in [-0.2, -0.15) is 0 Å². The molecule has 0 aliphatic rings. The van der Waals surface area contributed by atoms with Crippen molar-refractivity contribution in [1.29, 1.82) is 0 Å². The summed E-state index contributed by atoms with van der Waals surface area (Å²) in [7, 11) is 0. The summed E-state index contributed by atoms with van der Waals surface area (Å²) in [6.07, 6.45) is 0. The summed E-state index contributed by atoms with van der Waals surface area (Å²) < 4.78 is 13.4. The zero-order valence-electron chi connectivity index (χ0n) is 11.1. The Morgan fingerprint density at radius 1 is 1.25 bits per heavy atom. The van der Waals surface area contributed by atoms with Crippen LogP contribution in [0.5, 0.6) is 0 Å². The Morgan fingerprint density at radius 2 is 1.95 bits per heavy atom. The van der Waals surface area contributed by atoms with E-state index in [4.69, 9.17) is 0 Å². The molecule has 4 heteroatoms. The average molecular weight is 273 g/mol. The summed E-state index contributed by atoms with van der Waals surface area (Å²) in [4.78, 5) is 11.3. The standard InChI is InChI=1S/C16H16FNO2/c1-11-7-8-13(9-15(11)17)18-10-14(16(19)20)12-5-3-2-4-6-12/h2-9,14,18H,10H2,1H3,(H,19,20). The van der Waals surface area contributed by atoms with E-state index in [1.165, 1.54) is 6.07 Å². The molecule has 104 valence electrons. The lowest BCUT2D eigenvalue weighted by Crippen LogP contribution is -2.20. The van der Waals surface area contributed by atoms with Gasteiger partial charge in [0.1, 0.15) is 5.82 Å². The molecule has 2 rings (SSSR count). The first-order chi connectivity index (χ1) is 9.58. The molecule has 0 saturated heterocycles. The number of rotatable bonds is 5. The third-order valence-electron chi connectivity index (χ3n) is 3.18. The lowest BCUT2D eigenvalue weighted by molar-refractivity contribution is -0.138. The second kappa shape index (κ2) is 6.19. The number of nitrogens with one attached hydrogen (secondary N) is 1. The minimum atomic E-state index is -0.906. The van der Waals surface area contributed by atoms with Crippen LogP contribution in [0.25, 0.3) is 0 Å². The van der Waals surface area contributed by atoms with Gasteiger partial charge in [0.15, 0.2) is 0 Å². The Balaban J connectivity index is 2.10. The van der Waals surface area contributed by atoms with Crippen molar-refractivity contribution >= 4 is 11.7 Å². The molecule has 0 aliphatic carbocycles. The van der Waals surface area contributed by atoms with Gasteiger partial charge in [-0.25, -0.2) is 4.39 Å². The predicted octanol–water partition coefficient (Wildman–Crippen LogP) is 3.41. The summed E-state index contributed by atoms with van der Waals surface area (Å²) in [6, 6.07) is 13.8. The number of carboxylic acid groups (broad SMARTS) is 1. The van der Waals surface area contributed by atoms with E-state index in [1.807, 2.05) is 6.07 Å². The van der Waals surface area contributed by atoms with Gasteiger partial charge in [0.05, 0.1) is 5.92 Å². The van der Waals surface area contributed by atoms with Crippen molar-refractivity contribution in [3.63, 3.8) is 0 Å². The highest BCUT2D eigenvalue weighted by Crippen LogP contribution is 2.19.